The molecule has 6 heteroatoms. The van der Waals surface area contributed by atoms with E-state index in [4.69, 9.17) is 5.73 Å². The third kappa shape index (κ3) is 3.23. The Balaban J connectivity index is 2.09. The number of rotatable bonds is 3. The van der Waals surface area contributed by atoms with Gasteiger partial charge in [0, 0.05) is 11.1 Å². The Hall–Kier alpha value is -2.08. The summed E-state index contributed by atoms with van der Waals surface area (Å²) in [6.07, 6.45) is 0.188. The largest absolute Gasteiger partial charge is 0.508 e. The number of benzene rings is 1. The van der Waals surface area contributed by atoms with Gasteiger partial charge in [0.1, 0.15) is 5.75 Å². The first-order valence-electron chi connectivity index (χ1n) is 5.75. The van der Waals surface area contributed by atoms with Crippen LogP contribution in [0.5, 0.6) is 5.75 Å². The number of phenolic OH excluding ortho intramolecular Hbond substituents is 1. The third-order valence-electron chi connectivity index (χ3n) is 2.73. The van der Waals surface area contributed by atoms with Crippen LogP contribution < -0.4 is 11.1 Å². The van der Waals surface area contributed by atoms with Gasteiger partial charge in [-0.25, -0.2) is 4.98 Å². The lowest BCUT2D eigenvalue weighted by Gasteiger charge is -2.10. The van der Waals surface area contributed by atoms with Crippen LogP contribution in [0.25, 0.3) is 0 Å². The van der Waals surface area contributed by atoms with Crippen molar-refractivity contribution in [2.45, 2.75) is 20.3 Å². The lowest BCUT2D eigenvalue weighted by Crippen LogP contribution is -2.15. The predicted molar refractivity (Wildman–Crippen MR) is 76.4 cm³/mol. The van der Waals surface area contributed by atoms with Gasteiger partial charge >= 0.3 is 0 Å². The molecule has 0 saturated heterocycles. The maximum Gasteiger partial charge on any atom is 0.230 e. The molecule has 19 heavy (non-hydrogen) atoms. The van der Waals surface area contributed by atoms with E-state index in [2.05, 4.69) is 10.3 Å². The molecule has 1 heterocycles. The highest BCUT2D eigenvalue weighted by atomic mass is 32.1. The highest BCUT2D eigenvalue weighted by molar-refractivity contribution is 7.13. The Bertz CT molecular complexity index is 622. The lowest BCUT2D eigenvalue weighted by molar-refractivity contribution is -0.115. The molecule has 0 aliphatic rings. The predicted octanol–water partition coefficient (Wildman–Crippen LogP) is 2.23. The number of aromatic hydroxyl groups is 1. The van der Waals surface area contributed by atoms with E-state index < -0.39 is 0 Å². The first kappa shape index (κ1) is 13.4. The van der Waals surface area contributed by atoms with Crippen LogP contribution in [0, 0.1) is 13.8 Å². The molecule has 2 rings (SSSR count). The Labute approximate surface area is 115 Å². The Morgan fingerprint density at radius 1 is 1.42 bits per heavy atom. The first-order chi connectivity index (χ1) is 8.95. The molecule has 0 unspecified atom stereocenters. The number of amides is 1. The van der Waals surface area contributed by atoms with Crippen molar-refractivity contribution in [1.29, 1.82) is 0 Å². The summed E-state index contributed by atoms with van der Waals surface area (Å²) in [7, 11) is 0. The first-order valence-corrected chi connectivity index (χ1v) is 6.63. The van der Waals surface area contributed by atoms with Crippen molar-refractivity contribution in [3.8, 4) is 5.75 Å². The van der Waals surface area contributed by atoms with Crippen molar-refractivity contribution < 1.29 is 9.90 Å². The number of aromatic nitrogens is 1. The number of carbonyl (C=O) groups excluding carboxylic acids is 1. The Kier molecular flexibility index (Phi) is 3.71. The normalized spacial score (nSPS) is 10.4. The number of aryl methyl sites for hydroxylation is 2. The molecule has 1 aromatic heterocycles. The van der Waals surface area contributed by atoms with Gasteiger partial charge in [-0.1, -0.05) is 0 Å². The molecule has 0 bridgehead atoms. The number of hydrogen-bond acceptors (Lipinski definition) is 5. The number of nitrogen functional groups attached to an aromatic ring is 1. The van der Waals surface area contributed by atoms with Crippen molar-refractivity contribution in [2.24, 2.45) is 0 Å². The molecule has 5 nitrogen and oxygen atoms in total. The fourth-order valence-corrected chi connectivity index (χ4v) is 2.26. The van der Waals surface area contributed by atoms with Crippen LogP contribution in [0.2, 0.25) is 0 Å². The van der Waals surface area contributed by atoms with Crippen molar-refractivity contribution in [1.82, 2.24) is 4.98 Å². The Morgan fingerprint density at radius 2 is 2.16 bits per heavy atom. The third-order valence-corrected chi connectivity index (χ3v) is 3.45. The van der Waals surface area contributed by atoms with E-state index in [1.807, 2.05) is 6.92 Å². The van der Waals surface area contributed by atoms with Gasteiger partial charge in [-0.2, -0.15) is 0 Å². The highest BCUT2D eigenvalue weighted by Crippen LogP contribution is 2.25. The zero-order chi connectivity index (χ0) is 14.0. The van der Waals surface area contributed by atoms with Crippen molar-refractivity contribution in [3.63, 3.8) is 0 Å². The smallest absolute Gasteiger partial charge is 0.230 e. The molecule has 4 N–H and O–H groups in total. The van der Waals surface area contributed by atoms with Crippen LogP contribution in [-0.2, 0) is 11.2 Å². The summed E-state index contributed by atoms with van der Waals surface area (Å²) in [5.41, 5.74) is 8.41. The summed E-state index contributed by atoms with van der Waals surface area (Å²) in [6.45, 7) is 3.61. The zero-order valence-corrected chi connectivity index (χ0v) is 11.5. The molecule has 0 aliphatic carbocycles. The van der Waals surface area contributed by atoms with Crippen LogP contribution in [0.4, 0.5) is 10.8 Å². The number of hydrogen-bond donors (Lipinski definition) is 3. The van der Waals surface area contributed by atoms with Crippen LogP contribution in [0.3, 0.4) is 0 Å². The second kappa shape index (κ2) is 5.27. The fraction of sp³-hybridized carbons (Fsp3) is 0.231. The summed E-state index contributed by atoms with van der Waals surface area (Å²) in [4.78, 5) is 15.9. The number of nitrogens with zero attached hydrogens (tertiary/aromatic N) is 1. The zero-order valence-electron chi connectivity index (χ0n) is 10.7. The van der Waals surface area contributed by atoms with Gasteiger partial charge in [0.15, 0.2) is 5.13 Å². The van der Waals surface area contributed by atoms with E-state index >= 15 is 0 Å². The molecule has 0 spiro atoms. The molecule has 0 radical (unpaired) electrons. The molecule has 0 fully saturated rings. The van der Waals surface area contributed by atoms with Crippen LogP contribution in [0.15, 0.2) is 17.5 Å². The monoisotopic (exact) mass is 277 g/mol. The summed E-state index contributed by atoms with van der Waals surface area (Å²) in [5, 5.41) is 14.6. The van der Waals surface area contributed by atoms with Gasteiger partial charge in [0.2, 0.25) is 5.91 Å². The average Bonchev–Trinajstić information content (AvgIpc) is 2.71. The van der Waals surface area contributed by atoms with Crippen molar-refractivity contribution in [3.05, 3.63) is 34.3 Å². The number of carbonyl (C=O) groups is 1. The van der Waals surface area contributed by atoms with Gasteiger partial charge in [0.25, 0.3) is 0 Å². The molecule has 0 saturated carbocycles. The summed E-state index contributed by atoms with van der Waals surface area (Å²) >= 11 is 1.31. The maximum absolute atomic E-state index is 11.9. The molecule has 2 aromatic rings. The van der Waals surface area contributed by atoms with Crippen molar-refractivity contribution >= 4 is 28.1 Å². The molecule has 1 aromatic carbocycles. The number of phenols is 1. The standard InChI is InChI=1S/C13H15N3O2S/c1-7-4-11(17)8(2)3-10(7)16-12(18)5-9-6-19-13(14)15-9/h3-4,6,17H,5H2,1-2H3,(H2,14,15)(H,16,18). The van der Waals surface area contributed by atoms with E-state index in [0.29, 0.717) is 16.5 Å². The number of nitrogens with one attached hydrogen (secondary N) is 1. The highest BCUT2D eigenvalue weighted by Gasteiger charge is 2.10. The number of thiazole rings is 1. The van der Waals surface area contributed by atoms with Gasteiger partial charge in [-0.05, 0) is 37.1 Å². The molecule has 0 atom stereocenters. The van der Waals surface area contributed by atoms with Gasteiger partial charge in [-0.3, -0.25) is 4.79 Å². The second-order valence-electron chi connectivity index (χ2n) is 4.36. The van der Waals surface area contributed by atoms with Crippen molar-refractivity contribution in [2.75, 3.05) is 11.1 Å². The fourth-order valence-electron chi connectivity index (χ4n) is 1.70. The van der Waals surface area contributed by atoms with E-state index in [1.165, 1.54) is 11.3 Å². The molecule has 100 valence electrons. The molecule has 1 amide bonds. The van der Waals surface area contributed by atoms with Gasteiger partial charge < -0.3 is 16.2 Å². The second-order valence-corrected chi connectivity index (χ2v) is 5.25. The summed E-state index contributed by atoms with van der Waals surface area (Å²) in [6, 6.07) is 3.38. The minimum atomic E-state index is -0.154. The quantitative estimate of drug-likeness (QED) is 0.751. The average molecular weight is 277 g/mol. The number of anilines is 2. The molecule has 0 aliphatic heterocycles. The van der Waals surface area contributed by atoms with E-state index in [0.717, 1.165) is 11.1 Å². The van der Waals surface area contributed by atoms with Gasteiger partial charge in [0.05, 0.1) is 12.1 Å². The maximum atomic E-state index is 11.9. The minimum Gasteiger partial charge on any atom is -0.508 e. The van der Waals surface area contributed by atoms with Crippen LogP contribution >= 0.6 is 11.3 Å². The van der Waals surface area contributed by atoms with Crippen LogP contribution in [-0.4, -0.2) is 16.0 Å². The van der Waals surface area contributed by atoms with Crippen LogP contribution in [0.1, 0.15) is 16.8 Å². The molecular formula is C13H15N3O2S. The van der Waals surface area contributed by atoms with Gasteiger partial charge in [-0.15, -0.1) is 11.3 Å². The summed E-state index contributed by atoms with van der Waals surface area (Å²) < 4.78 is 0. The number of nitrogens with two attached hydrogens (primary N) is 1. The topological polar surface area (TPSA) is 88.2 Å². The SMILES string of the molecule is Cc1cc(NC(=O)Cc2csc(N)n2)c(C)cc1O. The molecular weight excluding hydrogens is 262 g/mol. The minimum absolute atomic E-state index is 0.154. The van der Waals surface area contributed by atoms with E-state index in [9.17, 15) is 9.90 Å². The Morgan fingerprint density at radius 3 is 2.79 bits per heavy atom. The lowest BCUT2D eigenvalue weighted by atomic mass is 10.1. The van der Waals surface area contributed by atoms with E-state index in [-0.39, 0.29) is 18.1 Å². The van der Waals surface area contributed by atoms with E-state index in [1.54, 1.807) is 24.4 Å². The summed E-state index contributed by atoms with van der Waals surface area (Å²) in [5.74, 6) is 0.0706.